The number of rotatable bonds is 6. The first kappa shape index (κ1) is 14.8. The lowest BCUT2D eigenvalue weighted by Gasteiger charge is -2.25. The van der Waals surface area contributed by atoms with Crippen molar-refractivity contribution in [1.82, 2.24) is 10.2 Å². The maximum atomic E-state index is 11.8. The normalized spacial score (nSPS) is 15.9. The van der Waals surface area contributed by atoms with Gasteiger partial charge in [0.05, 0.1) is 0 Å². The van der Waals surface area contributed by atoms with Crippen molar-refractivity contribution in [3.63, 3.8) is 0 Å². The second kappa shape index (κ2) is 7.24. The average Bonchev–Trinajstić information content (AvgIpc) is 2.78. The van der Waals surface area contributed by atoms with E-state index >= 15 is 0 Å². The van der Waals surface area contributed by atoms with E-state index in [9.17, 15) is 9.59 Å². The summed E-state index contributed by atoms with van der Waals surface area (Å²) in [6.45, 7) is 4.04. The van der Waals surface area contributed by atoms with Crippen LogP contribution >= 0.6 is 0 Å². The summed E-state index contributed by atoms with van der Waals surface area (Å²) in [5.74, 6) is -0.244. The third kappa shape index (κ3) is 4.94. The molecule has 0 aromatic heterocycles. The lowest BCUT2D eigenvalue weighted by molar-refractivity contribution is -0.138. The molecule has 0 aromatic rings. The van der Waals surface area contributed by atoms with Crippen molar-refractivity contribution in [2.24, 2.45) is 5.92 Å². The minimum absolute atomic E-state index is 0.104. The highest BCUT2D eigenvalue weighted by atomic mass is 16.4. The van der Waals surface area contributed by atoms with Crippen LogP contribution in [0.3, 0.4) is 0 Å². The van der Waals surface area contributed by atoms with Crippen LogP contribution in [0.4, 0.5) is 4.79 Å². The van der Waals surface area contributed by atoms with Gasteiger partial charge in [-0.05, 0) is 26.2 Å². The van der Waals surface area contributed by atoms with Gasteiger partial charge in [-0.3, -0.25) is 4.79 Å². The summed E-state index contributed by atoms with van der Waals surface area (Å²) >= 11 is 0. The fraction of sp³-hybridized carbons (Fsp3) is 0.846. The molecule has 1 saturated carbocycles. The van der Waals surface area contributed by atoms with Crippen LogP contribution < -0.4 is 5.32 Å². The summed E-state index contributed by atoms with van der Waals surface area (Å²) in [5.41, 5.74) is 0. The van der Waals surface area contributed by atoms with E-state index in [-0.39, 0.29) is 18.6 Å². The molecule has 0 bridgehead atoms. The summed E-state index contributed by atoms with van der Waals surface area (Å²) in [6.07, 6.45) is 6.13. The molecule has 2 amide bonds. The smallest absolute Gasteiger partial charge is 0.323 e. The van der Waals surface area contributed by atoms with Gasteiger partial charge in [0.2, 0.25) is 0 Å². The second-order valence-electron chi connectivity index (χ2n) is 5.29. The van der Waals surface area contributed by atoms with Crippen LogP contribution in [0.2, 0.25) is 0 Å². The van der Waals surface area contributed by atoms with Crippen LogP contribution in [-0.2, 0) is 4.79 Å². The fourth-order valence-electron chi connectivity index (χ4n) is 2.42. The SMILES string of the molecule is CC(C)N(CC(=O)O)C(=O)NCCC1CCCC1. The second-order valence-corrected chi connectivity index (χ2v) is 5.29. The fourth-order valence-corrected chi connectivity index (χ4v) is 2.42. The zero-order chi connectivity index (χ0) is 13.5. The maximum absolute atomic E-state index is 11.8. The zero-order valence-corrected chi connectivity index (χ0v) is 11.3. The first-order valence-corrected chi connectivity index (χ1v) is 6.77. The molecule has 0 aliphatic heterocycles. The topological polar surface area (TPSA) is 69.6 Å². The van der Waals surface area contributed by atoms with Gasteiger partial charge in [-0.25, -0.2) is 4.79 Å². The van der Waals surface area contributed by atoms with Crippen LogP contribution in [0.15, 0.2) is 0 Å². The van der Waals surface area contributed by atoms with E-state index < -0.39 is 5.97 Å². The Hall–Kier alpha value is -1.26. The van der Waals surface area contributed by atoms with Crippen molar-refractivity contribution in [1.29, 1.82) is 0 Å². The number of carbonyl (C=O) groups is 2. The molecule has 104 valence electrons. The Bertz CT molecular complexity index is 286. The van der Waals surface area contributed by atoms with E-state index in [1.807, 2.05) is 13.8 Å². The number of amides is 2. The van der Waals surface area contributed by atoms with Crippen LogP contribution in [0.25, 0.3) is 0 Å². The van der Waals surface area contributed by atoms with E-state index in [4.69, 9.17) is 5.11 Å². The summed E-state index contributed by atoms with van der Waals surface area (Å²) in [6, 6.07) is -0.377. The van der Waals surface area contributed by atoms with Crippen LogP contribution in [0, 0.1) is 5.92 Å². The number of urea groups is 1. The van der Waals surface area contributed by atoms with Gasteiger partial charge in [-0.1, -0.05) is 25.7 Å². The summed E-state index contributed by atoms with van der Waals surface area (Å²) in [5, 5.41) is 11.6. The molecule has 5 heteroatoms. The van der Waals surface area contributed by atoms with Crippen molar-refractivity contribution in [2.45, 2.75) is 52.0 Å². The summed E-state index contributed by atoms with van der Waals surface area (Å²) in [7, 11) is 0. The van der Waals surface area contributed by atoms with Gasteiger partial charge >= 0.3 is 12.0 Å². The summed E-state index contributed by atoms with van der Waals surface area (Å²) in [4.78, 5) is 23.9. The molecule has 0 saturated heterocycles. The number of carbonyl (C=O) groups excluding carboxylic acids is 1. The largest absolute Gasteiger partial charge is 0.480 e. The number of hydrogen-bond acceptors (Lipinski definition) is 2. The first-order chi connectivity index (χ1) is 8.50. The van der Waals surface area contributed by atoms with Crippen LogP contribution in [0.5, 0.6) is 0 Å². The number of hydrogen-bond donors (Lipinski definition) is 2. The lowest BCUT2D eigenvalue weighted by atomic mass is 10.0. The minimum Gasteiger partial charge on any atom is -0.480 e. The molecule has 1 rings (SSSR count). The predicted molar refractivity (Wildman–Crippen MR) is 69.5 cm³/mol. The third-order valence-corrected chi connectivity index (χ3v) is 3.49. The first-order valence-electron chi connectivity index (χ1n) is 6.77. The van der Waals surface area contributed by atoms with Crippen molar-refractivity contribution in [3.8, 4) is 0 Å². The molecular formula is C13H24N2O3. The van der Waals surface area contributed by atoms with E-state index in [2.05, 4.69) is 5.32 Å². The number of carboxylic acid groups (broad SMARTS) is 1. The van der Waals surface area contributed by atoms with Gasteiger partial charge in [0, 0.05) is 12.6 Å². The van der Waals surface area contributed by atoms with Gasteiger partial charge in [-0.2, -0.15) is 0 Å². The van der Waals surface area contributed by atoms with Crippen LogP contribution in [-0.4, -0.2) is 41.1 Å². The lowest BCUT2D eigenvalue weighted by Crippen LogP contribution is -2.46. The van der Waals surface area contributed by atoms with Gasteiger partial charge < -0.3 is 15.3 Å². The highest BCUT2D eigenvalue weighted by Crippen LogP contribution is 2.26. The number of nitrogens with one attached hydrogen (secondary N) is 1. The number of nitrogens with zero attached hydrogens (tertiary/aromatic N) is 1. The molecule has 0 heterocycles. The van der Waals surface area contributed by atoms with Crippen molar-refractivity contribution < 1.29 is 14.7 Å². The standard InChI is InChI=1S/C13H24N2O3/c1-10(2)15(9-12(16)17)13(18)14-8-7-11-5-3-4-6-11/h10-11H,3-9H2,1-2H3,(H,14,18)(H,16,17). The van der Waals surface area contributed by atoms with E-state index in [1.54, 1.807) is 0 Å². The molecule has 18 heavy (non-hydrogen) atoms. The average molecular weight is 256 g/mol. The molecule has 5 nitrogen and oxygen atoms in total. The number of carboxylic acids is 1. The molecule has 1 aliphatic rings. The monoisotopic (exact) mass is 256 g/mol. The third-order valence-electron chi connectivity index (χ3n) is 3.49. The zero-order valence-electron chi connectivity index (χ0n) is 11.3. The molecular weight excluding hydrogens is 232 g/mol. The Morgan fingerprint density at radius 2 is 1.94 bits per heavy atom. The number of aliphatic carboxylic acids is 1. The molecule has 2 N–H and O–H groups in total. The van der Waals surface area contributed by atoms with Gasteiger partial charge in [0.15, 0.2) is 0 Å². The molecule has 0 radical (unpaired) electrons. The predicted octanol–water partition coefficient (Wildman–Crippen LogP) is 2.07. The summed E-state index contributed by atoms with van der Waals surface area (Å²) < 4.78 is 0. The van der Waals surface area contributed by atoms with Gasteiger partial charge in [0.25, 0.3) is 0 Å². The molecule has 0 atom stereocenters. The van der Waals surface area contributed by atoms with Crippen molar-refractivity contribution >= 4 is 12.0 Å². The van der Waals surface area contributed by atoms with Crippen molar-refractivity contribution in [3.05, 3.63) is 0 Å². The van der Waals surface area contributed by atoms with E-state index in [0.29, 0.717) is 6.54 Å². The Morgan fingerprint density at radius 3 is 2.44 bits per heavy atom. The Kier molecular flexibility index (Phi) is 5.95. The molecule has 1 aliphatic carbocycles. The van der Waals surface area contributed by atoms with Crippen molar-refractivity contribution in [2.75, 3.05) is 13.1 Å². The molecule has 0 unspecified atom stereocenters. The molecule has 1 fully saturated rings. The molecule has 0 spiro atoms. The Balaban J connectivity index is 2.29. The Labute approximate surface area is 109 Å². The van der Waals surface area contributed by atoms with E-state index in [1.165, 1.54) is 30.6 Å². The van der Waals surface area contributed by atoms with Gasteiger partial charge in [-0.15, -0.1) is 0 Å². The highest BCUT2D eigenvalue weighted by molar-refractivity contribution is 5.80. The highest BCUT2D eigenvalue weighted by Gasteiger charge is 2.20. The van der Waals surface area contributed by atoms with Crippen LogP contribution in [0.1, 0.15) is 46.0 Å². The quantitative estimate of drug-likeness (QED) is 0.764. The molecule has 0 aromatic carbocycles. The Morgan fingerprint density at radius 1 is 1.33 bits per heavy atom. The minimum atomic E-state index is -0.977. The van der Waals surface area contributed by atoms with E-state index in [0.717, 1.165) is 12.3 Å². The maximum Gasteiger partial charge on any atom is 0.323 e. The van der Waals surface area contributed by atoms with Gasteiger partial charge in [0.1, 0.15) is 6.54 Å².